The van der Waals surface area contributed by atoms with Crippen molar-refractivity contribution in [3.63, 3.8) is 0 Å². The largest absolute Gasteiger partial charge is 0.469 e. The van der Waals surface area contributed by atoms with Crippen LogP contribution in [0.5, 0.6) is 0 Å². The van der Waals surface area contributed by atoms with Gasteiger partial charge >= 0.3 is 5.97 Å². The van der Waals surface area contributed by atoms with Crippen molar-refractivity contribution >= 4 is 11.8 Å². The van der Waals surface area contributed by atoms with Crippen LogP contribution in [-0.4, -0.2) is 24.1 Å². The molecule has 0 saturated carbocycles. The first-order valence-corrected chi connectivity index (χ1v) is 6.53. The second kappa shape index (κ2) is 6.75. The summed E-state index contributed by atoms with van der Waals surface area (Å²) in [7, 11) is 1.36. The topological polar surface area (TPSA) is 64.4 Å². The van der Waals surface area contributed by atoms with Crippen LogP contribution in [0, 0.1) is 0 Å². The first-order valence-electron chi connectivity index (χ1n) is 6.53. The van der Waals surface area contributed by atoms with Gasteiger partial charge in [0.1, 0.15) is 17.1 Å². The predicted octanol–water partition coefficient (Wildman–Crippen LogP) is 2.89. The molecule has 2 heterocycles. The van der Waals surface area contributed by atoms with Crippen molar-refractivity contribution in [3.05, 3.63) is 48.0 Å². The number of anilines is 1. The van der Waals surface area contributed by atoms with E-state index in [0.717, 1.165) is 18.6 Å². The lowest BCUT2D eigenvalue weighted by Gasteiger charge is -2.15. The smallest absolute Gasteiger partial charge is 0.341 e. The summed E-state index contributed by atoms with van der Waals surface area (Å²) in [6, 6.07) is 7.40. The molecule has 2 rings (SSSR count). The lowest BCUT2D eigenvalue weighted by atomic mass is 10.1. The van der Waals surface area contributed by atoms with E-state index in [1.54, 1.807) is 24.6 Å². The van der Waals surface area contributed by atoms with Crippen molar-refractivity contribution < 1.29 is 13.9 Å². The van der Waals surface area contributed by atoms with Gasteiger partial charge < -0.3 is 14.5 Å². The molecular weight excluding hydrogens is 256 g/mol. The molecular formula is C15H18N2O3. The average Bonchev–Trinajstić information content (AvgIpc) is 2.98. The predicted molar refractivity (Wildman–Crippen MR) is 75.7 cm³/mol. The number of aryl methyl sites for hydroxylation is 1. The summed E-state index contributed by atoms with van der Waals surface area (Å²) in [4.78, 5) is 15.8. The quantitative estimate of drug-likeness (QED) is 0.820. The van der Waals surface area contributed by atoms with E-state index in [0.29, 0.717) is 11.4 Å². The number of furan rings is 1. The average molecular weight is 274 g/mol. The molecule has 5 heteroatoms. The molecule has 0 spiro atoms. The molecule has 20 heavy (non-hydrogen) atoms. The van der Waals surface area contributed by atoms with E-state index in [4.69, 9.17) is 9.15 Å². The highest BCUT2D eigenvalue weighted by Crippen LogP contribution is 2.15. The molecule has 0 amide bonds. The number of hydrogen-bond acceptors (Lipinski definition) is 5. The fourth-order valence-electron chi connectivity index (χ4n) is 1.91. The van der Waals surface area contributed by atoms with Gasteiger partial charge in [-0.1, -0.05) is 0 Å². The number of nitrogens with zero attached hydrogens (tertiary/aromatic N) is 1. The summed E-state index contributed by atoms with van der Waals surface area (Å²) in [5.41, 5.74) is 0.444. The van der Waals surface area contributed by atoms with Crippen molar-refractivity contribution in [2.24, 2.45) is 0 Å². The zero-order valence-corrected chi connectivity index (χ0v) is 11.6. The van der Waals surface area contributed by atoms with Crippen molar-refractivity contribution in [1.29, 1.82) is 0 Å². The van der Waals surface area contributed by atoms with Gasteiger partial charge in [0.2, 0.25) is 0 Å². The fraction of sp³-hybridized carbons (Fsp3) is 0.333. The number of rotatable bonds is 6. The van der Waals surface area contributed by atoms with Crippen molar-refractivity contribution in [1.82, 2.24) is 4.98 Å². The molecule has 1 N–H and O–H groups in total. The Balaban J connectivity index is 1.97. The number of hydrogen-bond donors (Lipinski definition) is 1. The maximum Gasteiger partial charge on any atom is 0.341 e. The zero-order chi connectivity index (χ0) is 14.4. The van der Waals surface area contributed by atoms with Crippen LogP contribution in [0.3, 0.4) is 0 Å². The van der Waals surface area contributed by atoms with Crippen LogP contribution in [0.15, 0.2) is 41.1 Å². The normalized spacial score (nSPS) is 11.9. The van der Waals surface area contributed by atoms with Gasteiger partial charge in [0, 0.05) is 18.7 Å². The summed E-state index contributed by atoms with van der Waals surface area (Å²) in [6.07, 6.45) is 5.03. The number of esters is 1. The Hall–Kier alpha value is -2.30. The summed E-state index contributed by atoms with van der Waals surface area (Å²) >= 11 is 0. The molecule has 0 radical (unpaired) electrons. The van der Waals surface area contributed by atoms with Gasteiger partial charge in [-0.2, -0.15) is 0 Å². The number of methoxy groups -OCH3 is 1. The van der Waals surface area contributed by atoms with Crippen molar-refractivity contribution in [2.75, 3.05) is 12.4 Å². The number of aromatic nitrogens is 1. The standard InChI is InChI=1S/C15H18N2O3/c1-11(7-8-12-5-4-10-20-12)17-14-13(15(18)19-2)6-3-9-16-14/h3-6,9-11H,7-8H2,1-2H3,(H,16,17). The Bertz CT molecular complexity index is 552. The molecule has 0 aliphatic carbocycles. The minimum absolute atomic E-state index is 0.165. The third-order valence-electron chi connectivity index (χ3n) is 3.00. The monoisotopic (exact) mass is 274 g/mol. The van der Waals surface area contributed by atoms with Crippen LogP contribution in [-0.2, 0) is 11.2 Å². The number of carbonyl (C=O) groups excluding carboxylic acids is 1. The Labute approximate surface area is 118 Å². The molecule has 0 fully saturated rings. The van der Waals surface area contributed by atoms with E-state index in [1.165, 1.54) is 7.11 Å². The Morgan fingerprint density at radius 1 is 1.45 bits per heavy atom. The van der Waals surface area contributed by atoms with E-state index in [1.807, 2.05) is 19.1 Å². The second-order valence-corrected chi connectivity index (χ2v) is 4.55. The lowest BCUT2D eigenvalue weighted by molar-refractivity contribution is 0.0601. The number of nitrogens with one attached hydrogen (secondary N) is 1. The van der Waals surface area contributed by atoms with E-state index >= 15 is 0 Å². The maximum atomic E-state index is 11.6. The van der Waals surface area contributed by atoms with Crippen LogP contribution >= 0.6 is 0 Å². The molecule has 2 aromatic heterocycles. The van der Waals surface area contributed by atoms with Gasteiger partial charge in [-0.25, -0.2) is 9.78 Å². The van der Waals surface area contributed by atoms with Crippen molar-refractivity contribution in [2.45, 2.75) is 25.8 Å². The highest BCUT2D eigenvalue weighted by Gasteiger charge is 2.14. The van der Waals surface area contributed by atoms with Crippen LogP contribution in [0.25, 0.3) is 0 Å². The van der Waals surface area contributed by atoms with Crippen LogP contribution in [0.4, 0.5) is 5.82 Å². The highest BCUT2D eigenvalue weighted by molar-refractivity contribution is 5.94. The summed E-state index contributed by atoms with van der Waals surface area (Å²) in [5.74, 6) is 1.11. The maximum absolute atomic E-state index is 11.6. The SMILES string of the molecule is COC(=O)c1cccnc1NC(C)CCc1ccco1. The van der Waals surface area contributed by atoms with E-state index < -0.39 is 0 Å². The number of pyridine rings is 1. The Morgan fingerprint density at radius 3 is 3.00 bits per heavy atom. The summed E-state index contributed by atoms with van der Waals surface area (Å²) in [5, 5.41) is 3.23. The van der Waals surface area contributed by atoms with Gasteiger partial charge in [0.05, 0.1) is 13.4 Å². The molecule has 106 valence electrons. The van der Waals surface area contributed by atoms with Gasteiger partial charge in [0.15, 0.2) is 0 Å². The van der Waals surface area contributed by atoms with E-state index in [2.05, 4.69) is 10.3 Å². The number of ether oxygens (including phenoxy) is 1. The molecule has 0 aliphatic rings. The van der Waals surface area contributed by atoms with Gasteiger partial charge in [-0.15, -0.1) is 0 Å². The van der Waals surface area contributed by atoms with Gasteiger partial charge in [-0.05, 0) is 37.6 Å². The first-order chi connectivity index (χ1) is 9.70. The highest BCUT2D eigenvalue weighted by atomic mass is 16.5. The molecule has 2 aromatic rings. The number of carbonyl (C=O) groups is 1. The molecule has 0 aliphatic heterocycles. The van der Waals surface area contributed by atoms with Gasteiger partial charge in [-0.3, -0.25) is 0 Å². The van der Waals surface area contributed by atoms with E-state index in [-0.39, 0.29) is 12.0 Å². The minimum atomic E-state index is -0.390. The summed E-state index contributed by atoms with van der Waals surface area (Å²) in [6.45, 7) is 2.04. The molecule has 1 unspecified atom stereocenters. The molecule has 1 atom stereocenters. The molecule has 5 nitrogen and oxygen atoms in total. The Kier molecular flexibility index (Phi) is 4.76. The third-order valence-corrected chi connectivity index (χ3v) is 3.00. The third kappa shape index (κ3) is 3.60. The molecule has 0 aromatic carbocycles. The molecule has 0 saturated heterocycles. The van der Waals surface area contributed by atoms with E-state index in [9.17, 15) is 4.79 Å². The second-order valence-electron chi connectivity index (χ2n) is 4.55. The first kappa shape index (κ1) is 14.1. The Morgan fingerprint density at radius 2 is 2.30 bits per heavy atom. The van der Waals surface area contributed by atoms with Crippen LogP contribution in [0.1, 0.15) is 29.5 Å². The van der Waals surface area contributed by atoms with Crippen molar-refractivity contribution in [3.8, 4) is 0 Å². The van der Waals surface area contributed by atoms with Crippen LogP contribution < -0.4 is 5.32 Å². The van der Waals surface area contributed by atoms with Crippen LogP contribution in [0.2, 0.25) is 0 Å². The molecule has 0 bridgehead atoms. The summed E-state index contributed by atoms with van der Waals surface area (Å²) < 4.78 is 10.0. The van der Waals surface area contributed by atoms with Gasteiger partial charge in [0.25, 0.3) is 0 Å². The minimum Gasteiger partial charge on any atom is -0.469 e. The fourth-order valence-corrected chi connectivity index (χ4v) is 1.91. The zero-order valence-electron chi connectivity index (χ0n) is 11.6. The lowest BCUT2D eigenvalue weighted by Crippen LogP contribution is -2.19.